The van der Waals surface area contributed by atoms with Gasteiger partial charge < -0.3 is 5.32 Å². The van der Waals surface area contributed by atoms with Gasteiger partial charge in [0.15, 0.2) is 0 Å². The Morgan fingerprint density at radius 2 is 1.79 bits per heavy atom. The SMILES string of the molecule is Cc1ccc(S(=O)(=O)NCCC(=O)NC(C)C)cc1. The van der Waals surface area contributed by atoms with Crippen LogP contribution in [-0.4, -0.2) is 26.9 Å². The van der Waals surface area contributed by atoms with Crippen molar-refractivity contribution < 1.29 is 13.2 Å². The predicted octanol–water partition coefficient (Wildman–Crippen LogP) is 1.19. The molecule has 0 bridgehead atoms. The summed E-state index contributed by atoms with van der Waals surface area (Å²) in [7, 11) is -3.53. The minimum atomic E-state index is -3.53. The van der Waals surface area contributed by atoms with Gasteiger partial charge in [-0.05, 0) is 32.9 Å². The number of carbonyl (C=O) groups is 1. The van der Waals surface area contributed by atoms with Crippen LogP contribution in [0.25, 0.3) is 0 Å². The van der Waals surface area contributed by atoms with Crippen LogP contribution in [0.4, 0.5) is 0 Å². The van der Waals surface area contributed by atoms with Crippen LogP contribution in [0.2, 0.25) is 0 Å². The zero-order valence-corrected chi connectivity index (χ0v) is 12.3. The van der Waals surface area contributed by atoms with Crippen LogP contribution < -0.4 is 10.0 Å². The molecule has 5 nitrogen and oxygen atoms in total. The van der Waals surface area contributed by atoms with E-state index in [9.17, 15) is 13.2 Å². The van der Waals surface area contributed by atoms with E-state index >= 15 is 0 Å². The number of hydrogen-bond acceptors (Lipinski definition) is 3. The smallest absolute Gasteiger partial charge is 0.240 e. The molecule has 6 heteroatoms. The maximum Gasteiger partial charge on any atom is 0.240 e. The summed E-state index contributed by atoms with van der Waals surface area (Å²) in [6, 6.07) is 6.62. The highest BCUT2D eigenvalue weighted by molar-refractivity contribution is 7.89. The number of benzene rings is 1. The van der Waals surface area contributed by atoms with Crippen molar-refractivity contribution in [3.05, 3.63) is 29.8 Å². The minimum Gasteiger partial charge on any atom is -0.354 e. The van der Waals surface area contributed by atoms with Gasteiger partial charge in [-0.25, -0.2) is 13.1 Å². The van der Waals surface area contributed by atoms with Gasteiger partial charge in [0.05, 0.1) is 4.90 Å². The van der Waals surface area contributed by atoms with Crippen LogP contribution in [0.5, 0.6) is 0 Å². The van der Waals surface area contributed by atoms with Gasteiger partial charge >= 0.3 is 0 Å². The number of amides is 1. The van der Waals surface area contributed by atoms with E-state index in [1.807, 2.05) is 20.8 Å². The molecule has 0 saturated carbocycles. The summed E-state index contributed by atoms with van der Waals surface area (Å²) < 4.78 is 26.2. The van der Waals surface area contributed by atoms with Gasteiger partial charge in [0.1, 0.15) is 0 Å². The molecule has 0 radical (unpaired) electrons. The molecule has 0 spiro atoms. The third kappa shape index (κ3) is 5.40. The molecule has 0 unspecified atom stereocenters. The van der Waals surface area contributed by atoms with Gasteiger partial charge in [0.2, 0.25) is 15.9 Å². The average Bonchev–Trinajstić information content (AvgIpc) is 2.28. The van der Waals surface area contributed by atoms with Gasteiger partial charge in [-0.15, -0.1) is 0 Å². The van der Waals surface area contributed by atoms with Gasteiger partial charge in [0.25, 0.3) is 0 Å². The number of hydrogen-bond donors (Lipinski definition) is 2. The molecule has 0 fully saturated rings. The molecule has 0 aromatic heterocycles. The van der Waals surface area contributed by atoms with Crippen LogP contribution in [0.15, 0.2) is 29.2 Å². The van der Waals surface area contributed by atoms with Gasteiger partial charge in [-0.3, -0.25) is 4.79 Å². The molecule has 1 rings (SSSR count). The van der Waals surface area contributed by atoms with Crippen LogP contribution in [0, 0.1) is 6.92 Å². The molecule has 1 amide bonds. The highest BCUT2D eigenvalue weighted by atomic mass is 32.2. The third-order valence-corrected chi connectivity index (χ3v) is 3.90. The van der Waals surface area contributed by atoms with Crippen molar-refractivity contribution in [2.75, 3.05) is 6.54 Å². The number of nitrogens with one attached hydrogen (secondary N) is 2. The van der Waals surface area contributed by atoms with Crippen LogP contribution in [-0.2, 0) is 14.8 Å². The number of sulfonamides is 1. The first-order valence-corrected chi connectivity index (χ1v) is 7.65. The molecule has 0 heterocycles. The molecule has 106 valence electrons. The molecule has 1 aromatic rings. The van der Waals surface area contributed by atoms with E-state index in [0.717, 1.165) is 5.56 Å². The van der Waals surface area contributed by atoms with E-state index in [4.69, 9.17) is 0 Å². The van der Waals surface area contributed by atoms with Crippen molar-refractivity contribution in [2.45, 2.75) is 38.1 Å². The standard InChI is InChI=1S/C13H20N2O3S/c1-10(2)15-13(16)8-9-14-19(17,18)12-6-4-11(3)5-7-12/h4-7,10,14H,8-9H2,1-3H3,(H,15,16). The fourth-order valence-electron chi connectivity index (χ4n) is 1.49. The van der Waals surface area contributed by atoms with E-state index in [1.165, 1.54) is 0 Å². The monoisotopic (exact) mass is 284 g/mol. The van der Waals surface area contributed by atoms with E-state index in [2.05, 4.69) is 10.0 Å². The summed E-state index contributed by atoms with van der Waals surface area (Å²) in [5.41, 5.74) is 0.996. The van der Waals surface area contributed by atoms with Gasteiger partial charge in [-0.2, -0.15) is 0 Å². The lowest BCUT2D eigenvalue weighted by molar-refractivity contribution is -0.121. The van der Waals surface area contributed by atoms with E-state index in [-0.39, 0.29) is 29.8 Å². The lowest BCUT2D eigenvalue weighted by atomic mass is 10.2. The Kier molecular flexibility index (Phi) is 5.50. The Bertz CT molecular complexity index is 521. The fourth-order valence-corrected chi connectivity index (χ4v) is 2.53. The van der Waals surface area contributed by atoms with E-state index < -0.39 is 10.0 Å². The van der Waals surface area contributed by atoms with Gasteiger partial charge in [0, 0.05) is 19.0 Å². The molecule has 19 heavy (non-hydrogen) atoms. The first-order chi connectivity index (χ1) is 8.81. The topological polar surface area (TPSA) is 75.3 Å². The molecular formula is C13H20N2O3S. The summed E-state index contributed by atoms with van der Waals surface area (Å²) in [4.78, 5) is 11.6. The second-order valence-corrected chi connectivity index (χ2v) is 6.45. The van der Waals surface area contributed by atoms with Crippen LogP contribution in [0.1, 0.15) is 25.8 Å². The normalized spacial score (nSPS) is 11.6. The summed E-state index contributed by atoms with van der Waals surface area (Å²) >= 11 is 0. The maximum atomic E-state index is 11.9. The number of aryl methyl sites for hydroxylation is 1. The van der Waals surface area contributed by atoms with Gasteiger partial charge in [-0.1, -0.05) is 17.7 Å². The number of carbonyl (C=O) groups excluding carboxylic acids is 1. The predicted molar refractivity (Wildman–Crippen MR) is 74.3 cm³/mol. The fraction of sp³-hybridized carbons (Fsp3) is 0.462. The van der Waals surface area contributed by atoms with Crippen molar-refractivity contribution in [1.82, 2.24) is 10.0 Å². The maximum absolute atomic E-state index is 11.9. The second-order valence-electron chi connectivity index (χ2n) is 4.68. The largest absolute Gasteiger partial charge is 0.354 e. The third-order valence-electron chi connectivity index (χ3n) is 2.43. The Labute approximate surface area is 114 Å². The lowest BCUT2D eigenvalue weighted by Gasteiger charge is -2.09. The summed E-state index contributed by atoms with van der Waals surface area (Å²) in [5.74, 6) is -0.165. The zero-order valence-electron chi connectivity index (χ0n) is 11.4. The molecule has 0 atom stereocenters. The molecule has 0 aliphatic heterocycles. The van der Waals surface area contributed by atoms with Crippen molar-refractivity contribution in [3.63, 3.8) is 0 Å². The molecule has 2 N–H and O–H groups in total. The quantitative estimate of drug-likeness (QED) is 0.824. The van der Waals surface area contributed by atoms with Crippen molar-refractivity contribution in [3.8, 4) is 0 Å². The average molecular weight is 284 g/mol. The first-order valence-electron chi connectivity index (χ1n) is 6.17. The van der Waals surface area contributed by atoms with Crippen molar-refractivity contribution in [1.29, 1.82) is 0 Å². The Morgan fingerprint density at radius 1 is 1.21 bits per heavy atom. The Balaban J connectivity index is 2.52. The Morgan fingerprint density at radius 3 is 2.32 bits per heavy atom. The highest BCUT2D eigenvalue weighted by Crippen LogP contribution is 2.09. The lowest BCUT2D eigenvalue weighted by Crippen LogP contribution is -2.34. The summed E-state index contributed by atoms with van der Waals surface area (Å²) in [6.07, 6.45) is 0.128. The first kappa shape index (κ1) is 15.7. The molecular weight excluding hydrogens is 264 g/mol. The zero-order chi connectivity index (χ0) is 14.5. The second kappa shape index (κ2) is 6.68. The number of rotatable bonds is 6. The van der Waals surface area contributed by atoms with E-state index in [0.29, 0.717) is 0 Å². The van der Waals surface area contributed by atoms with Crippen LogP contribution in [0.3, 0.4) is 0 Å². The van der Waals surface area contributed by atoms with Crippen molar-refractivity contribution >= 4 is 15.9 Å². The minimum absolute atomic E-state index is 0.0567. The Hall–Kier alpha value is -1.40. The summed E-state index contributed by atoms with van der Waals surface area (Å²) in [5, 5.41) is 2.70. The summed E-state index contributed by atoms with van der Waals surface area (Å²) in [6.45, 7) is 5.69. The van der Waals surface area contributed by atoms with Crippen LogP contribution >= 0.6 is 0 Å². The van der Waals surface area contributed by atoms with E-state index in [1.54, 1.807) is 24.3 Å². The molecule has 0 saturated heterocycles. The molecule has 0 aliphatic carbocycles. The molecule has 1 aromatic carbocycles. The van der Waals surface area contributed by atoms with Crippen molar-refractivity contribution in [2.24, 2.45) is 0 Å². The molecule has 0 aliphatic rings. The highest BCUT2D eigenvalue weighted by Gasteiger charge is 2.13.